The van der Waals surface area contributed by atoms with Crippen molar-refractivity contribution in [1.82, 2.24) is 0 Å². The van der Waals surface area contributed by atoms with E-state index in [1.165, 1.54) is 22.0 Å². The van der Waals surface area contributed by atoms with Crippen LogP contribution in [0.2, 0.25) is 0 Å². The van der Waals surface area contributed by atoms with Crippen LogP contribution in [0.25, 0.3) is 0 Å². The molecule has 2 rings (SSSR count). The van der Waals surface area contributed by atoms with Crippen molar-refractivity contribution in [1.29, 1.82) is 0 Å². The van der Waals surface area contributed by atoms with Gasteiger partial charge >= 0.3 is 0 Å². The maximum Gasteiger partial charge on any atom is 0.00354 e. The zero-order chi connectivity index (χ0) is 7.14. The first-order valence-electron chi connectivity index (χ1n) is 3.51. The standard InChI is InChI=1S/C9H9I/c1-6-2-7-4-9(10)5-8(7)3-6/h2,5H,3-4H2,1H3. The maximum atomic E-state index is 2.42. The van der Waals surface area contributed by atoms with Crippen molar-refractivity contribution in [2.45, 2.75) is 19.8 Å². The van der Waals surface area contributed by atoms with Gasteiger partial charge in [-0.05, 0) is 56.7 Å². The molecule has 0 aromatic carbocycles. The van der Waals surface area contributed by atoms with E-state index in [1.54, 1.807) is 11.1 Å². The van der Waals surface area contributed by atoms with E-state index in [2.05, 4.69) is 41.7 Å². The van der Waals surface area contributed by atoms with E-state index < -0.39 is 0 Å². The molecule has 2 aliphatic carbocycles. The molecule has 1 heteroatoms. The molecule has 0 amide bonds. The van der Waals surface area contributed by atoms with Gasteiger partial charge in [-0.1, -0.05) is 11.6 Å². The molecule has 0 saturated carbocycles. The Balaban J connectivity index is 2.28. The van der Waals surface area contributed by atoms with E-state index in [0.717, 1.165) is 0 Å². The molecule has 0 bridgehead atoms. The zero-order valence-electron chi connectivity index (χ0n) is 5.95. The van der Waals surface area contributed by atoms with Gasteiger partial charge in [-0.25, -0.2) is 0 Å². The van der Waals surface area contributed by atoms with Crippen molar-refractivity contribution in [3.63, 3.8) is 0 Å². The van der Waals surface area contributed by atoms with Gasteiger partial charge in [-0.3, -0.25) is 0 Å². The van der Waals surface area contributed by atoms with E-state index in [9.17, 15) is 0 Å². The summed E-state index contributed by atoms with van der Waals surface area (Å²) in [7, 11) is 0. The molecule has 0 atom stereocenters. The average molecular weight is 244 g/mol. The van der Waals surface area contributed by atoms with Crippen LogP contribution in [0.5, 0.6) is 0 Å². The van der Waals surface area contributed by atoms with E-state index >= 15 is 0 Å². The third-order valence-corrected chi connectivity index (χ3v) is 2.69. The van der Waals surface area contributed by atoms with E-state index in [1.807, 2.05) is 0 Å². The second-order valence-electron chi connectivity index (χ2n) is 2.99. The molecule has 0 fully saturated rings. The van der Waals surface area contributed by atoms with Crippen LogP contribution < -0.4 is 0 Å². The number of halogens is 1. The fraction of sp³-hybridized carbons (Fsp3) is 0.333. The highest BCUT2D eigenvalue weighted by molar-refractivity contribution is 14.1. The molecule has 0 spiro atoms. The van der Waals surface area contributed by atoms with Gasteiger partial charge in [0.15, 0.2) is 0 Å². The van der Waals surface area contributed by atoms with Crippen LogP contribution in [0.1, 0.15) is 19.8 Å². The first kappa shape index (κ1) is 6.65. The lowest BCUT2D eigenvalue weighted by Crippen LogP contribution is -1.71. The molecular weight excluding hydrogens is 235 g/mol. The van der Waals surface area contributed by atoms with Gasteiger partial charge in [0.05, 0.1) is 0 Å². The Hall–Kier alpha value is -0.0500. The van der Waals surface area contributed by atoms with Crippen LogP contribution in [-0.4, -0.2) is 0 Å². The third-order valence-electron chi connectivity index (χ3n) is 1.99. The smallest absolute Gasteiger partial charge is 0.00354 e. The summed E-state index contributed by atoms with van der Waals surface area (Å²) in [6.45, 7) is 2.21. The Labute approximate surface area is 74.8 Å². The second kappa shape index (κ2) is 2.22. The number of hydrogen-bond acceptors (Lipinski definition) is 0. The predicted octanol–water partition coefficient (Wildman–Crippen LogP) is 3.36. The fourth-order valence-corrected chi connectivity index (χ4v) is 2.37. The van der Waals surface area contributed by atoms with E-state index in [0.29, 0.717) is 0 Å². The number of rotatable bonds is 0. The normalized spacial score (nSPS) is 23.0. The lowest BCUT2D eigenvalue weighted by atomic mass is 10.2. The lowest BCUT2D eigenvalue weighted by molar-refractivity contribution is 1.20. The van der Waals surface area contributed by atoms with Gasteiger partial charge in [0.1, 0.15) is 0 Å². The summed E-state index contributed by atoms with van der Waals surface area (Å²) in [6, 6.07) is 0. The van der Waals surface area contributed by atoms with Crippen LogP contribution in [0, 0.1) is 0 Å². The van der Waals surface area contributed by atoms with Crippen LogP contribution in [-0.2, 0) is 0 Å². The van der Waals surface area contributed by atoms with Gasteiger partial charge in [0.25, 0.3) is 0 Å². The van der Waals surface area contributed by atoms with Gasteiger partial charge < -0.3 is 0 Å². The van der Waals surface area contributed by atoms with Crippen LogP contribution in [0.4, 0.5) is 0 Å². The maximum absolute atomic E-state index is 2.42. The molecule has 0 aromatic heterocycles. The van der Waals surface area contributed by atoms with Crippen LogP contribution in [0.15, 0.2) is 32.5 Å². The summed E-state index contributed by atoms with van der Waals surface area (Å²) >= 11 is 2.42. The molecule has 2 aliphatic rings. The highest BCUT2D eigenvalue weighted by atomic mass is 127. The minimum atomic E-state index is 1.19. The van der Waals surface area contributed by atoms with Gasteiger partial charge in [-0.15, -0.1) is 0 Å². The molecule has 0 nitrogen and oxygen atoms in total. The molecule has 52 valence electrons. The van der Waals surface area contributed by atoms with Crippen molar-refractivity contribution in [3.8, 4) is 0 Å². The van der Waals surface area contributed by atoms with Crippen molar-refractivity contribution < 1.29 is 0 Å². The summed E-state index contributed by atoms with van der Waals surface area (Å²) in [5, 5.41) is 0. The molecule has 0 aromatic rings. The van der Waals surface area contributed by atoms with E-state index in [-0.39, 0.29) is 0 Å². The Morgan fingerprint density at radius 1 is 1.20 bits per heavy atom. The average Bonchev–Trinajstić information content (AvgIpc) is 2.21. The van der Waals surface area contributed by atoms with Gasteiger partial charge in [0, 0.05) is 6.42 Å². The number of hydrogen-bond donors (Lipinski definition) is 0. The topological polar surface area (TPSA) is 0 Å². The van der Waals surface area contributed by atoms with E-state index in [4.69, 9.17) is 0 Å². The SMILES string of the molecule is CC1=CC2=C(C=C(I)C2)C1. The molecule has 0 N–H and O–H groups in total. The Morgan fingerprint density at radius 2 is 1.90 bits per heavy atom. The van der Waals surface area contributed by atoms with Crippen molar-refractivity contribution in [2.75, 3.05) is 0 Å². The summed E-state index contributed by atoms with van der Waals surface area (Å²) in [6.07, 6.45) is 7.04. The monoisotopic (exact) mass is 244 g/mol. The Morgan fingerprint density at radius 3 is 2.60 bits per heavy atom. The fourth-order valence-electron chi connectivity index (χ4n) is 1.59. The minimum Gasteiger partial charge on any atom is -0.0686 e. The molecule has 0 radical (unpaired) electrons. The summed E-state index contributed by atoms with van der Waals surface area (Å²) in [5.41, 5.74) is 4.63. The van der Waals surface area contributed by atoms with Crippen molar-refractivity contribution in [2.24, 2.45) is 0 Å². The van der Waals surface area contributed by atoms with Crippen LogP contribution >= 0.6 is 22.6 Å². The van der Waals surface area contributed by atoms with Crippen molar-refractivity contribution in [3.05, 3.63) is 32.5 Å². The lowest BCUT2D eigenvalue weighted by Gasteiger charge is -1.91. The zero-order valence-corrected chi connectivity index (χ0v) is 8.10. The molecule has 0 unspecified atom stereocenters. The van der Waals surface area contributed by atoms with Gasteiger partial charge in [-0.2, -0.15) is 0 Å². The summed E-state index contributed by atoms with van der Waals surface area (Å²) < 4.78 is 1.49. The molecule has 10 heavy (non-hydrogen) atoms. The molecular formula is C9H9I. The molecule has 0 heterocycles. The van der Waals surface area contributed by atoms with Crippen LogP contribution in [0.3, 0.4) is 0 Å². The summed E-state index contributed by atoms with van der Waals surface area (Å²) in [5.74, 6) is 0. The highest BCUT2D eigenvalue weighted by Gasteiger charge is 2.17. The summed E-state index contributed by atoms with van der Waals surface area (Å²) in [4.78, 5) is 0. The predicted molar refractivity (Wildman–Crippen MR) is 52.1 cm³/mol. The third kappa shape index (κ3) is 0.965. The van der Waals surface area contributed by atoms with Crippen molar-refractivity contribution >= 4 is 22.6 Å². The first-order chi connectivity index (χ1) is 4.75. The second-order valence-corrected chi connectivity index (χ2v) is 4.37. The Kier molecular flexibility index (Phi) is 1.48. The molecule has 0 aliphatic heterocycles. The number of allylic oxidation sites excluding steroid dienone is 6. The first-order valence-corrected chi connectivity index (χ1v) is 4.59. The minimum absolute atomic E-state index is 1.19. The quantitative estimate of drug-likeness (QED) is 0.573. The highest BCUT2D eigenvalue weighted by Crippen LogP contribution is 2.38. The molecule has 0 saturated heterocycles. The van der Waals surface area contributed by atoms with Gasteiger partial charge in [0.2, 0.25) is 0 Å². The largest absolute Gasteiger partial charge is 0.0686 e. The Bertz CT molecular complexity index is 238.